The maximum Gasteiger partial charge on any atom is 0.150 e. The molecule has 0 aliphatic carbocycles. The van der Waals surface area contributed by atoms with Crippen molar-refractivity contribution >= 4 is 23.2 Å². The lowest BCUT2D eigenvalue weighted by Gasteiger charge is -2.30. The number of aromatic nitrogens is 2. The molecule has 0 saturated heterocycles. The van der Waals surface area contributed by atoms with Gasteiger partial charge in [-0.15, -0.1) is 0 Å². The van der Waals surface area contributed by atoms with Crippen LogP contribution in [0.1, 0.15) is 27.7 Å². The summed E-state index contributed by atoms with van der Waals surface area (Å²) in [5.74, 6) is 0.898. The Morgan fingerprint density at radius 1 is 1.28 bits per heavy atom. The predicted octanol–water partition coefficient (Wildman–Crippen LogP) is 2.24. The zero-order chi connectivity index (χ0) is 13.7. The lowest BCUT2D eigenvalue weighted by molar-refractivity contribution is 0.182. The van der Waals surface area contributed by atoms with Crippen molar-refractivity contribution in [2.75, 3.05) is 24.1 Å². The molecular formula is C12H22ClN5. The van der Waals surface area contributed by atoms with E-state index in [2.05, 4.69) is 47.9 Å². The van der Waals surface area contributed by atoms with Gasteiger partial charge in [0.25, 0.3) is 0 Å². The fourth-order valence-electron chi connectivity index (χ4n) is 1.92. The molecular weight excluding hydrogens is 250 g/mol. The van der Waals surface area contributed by atoms with Crippen LogP contribution in [0, 0.1) is 0 Å². The van der Waals surface area contributed by atoms with E-state index in [4.69, 9.17) is 17.3 Å². The molecule has 6 heteroatoms. The van der Waals surface area contributed by atoms with Crippen molar-refractivity contribution in [2.24, 2.45) is 0 Å². The molecule has 5 nitrogen and oxygen atoms in total. The monoisotopic (exact) mass is 271 g/mol. The van der Waals surface area contributed by atoms with Gasteiger partial charge in [0.2, 0.25) is 0 Å². The average molecular weight is 272 g/mol. The number of hydrogen-bond donors (Lipinski definition) is 2. The van der Waals surface area contributed by atoms with Gasteiger partial charge in [0.15, 0.2) is 0 Å². The van der Waals surface area contributed by atoms with E-state index in [1.807, 2.05) is 0 Å². The highest BCUT2D eigenvalue weighted by Gasteiger charge is 2.13. The molecule has 1 heterocycles. The fourth-order valence-corrected chi connectivity index (χ4v) is 2.09. The highest BCUT2D eigenvalue weighted by Crippen LogP contribution is 2.22. The van der Waals surface area contributed by atoms with Gasteiger partial charge in [-0.2, -0.15) is 0 Å². The van der Waals surface area contributed by atoms with E-state index < -0.39 is 0 Å². The maximum atomic E-state index is 6.01. The summed E-state index contributed by atoms with van der Waals surface area (Å²) in [5, 5.41) is 3.58. The van der Waals surface area contributed by atoms with E-state index in [1.165, 1.54) is 6.33 Å². The average Bonchev–Trinajstić information content (AvgIpc) is 2.28. The summed E-state index contributed by atoms with van der Waals surface area (Å²) in [6.07, 6.45) is 1.41. The fraction of sp³-hybridized carbons (Fsp3) is 0.667. The second kappa shape index (κ2) is 6.75. The zero-order valence-corrected chi connectivity index (χ0v) is 12.2. The predicted molar refractivity (Wildman–Crippen MR) is 76.9 cm³/mol. The number of nitrogens with zero attached hydrogens (tertiary/aromatic N) is 3. The quantitative estimate of drug-likeness (QED) is 0.831. The Labute approximate surface area is 114 Å². The van der Waals surface area contributed by atoms with Crippen LogP contribution in [-0.2, 0) is 0 Å². The Morgan fingerprint density at radius 3 is 2.44 bits per heavy atom. The molecule has 18 heavy (non-hydrogen) atoms. The number of halogens is 1. The molecule has 0 radical (unpaired) electrons. The van der Waals surface area contributed by atoms with E-state index in [-0.39, 0.29) is 0 Å². The summed E-state index contributed by atoms with van der Waals surface area (Å²) >= 11 is 6.01. The number of rotatable bonds is 6. The van der Waals surface area contributed by atoms with Crippen molar-refractivity contribution in [3.8, 4) is 0 Å². The third-order valence-electron chi connectivity index (χ3n) is 2.81. The highest BCUT2D eigenvalue weighted by molar-refractivity contribution is 6.35. The second-order valence-electron chi connectivity index (χ2n) is 4.77. The van der Waals surface area contributed by atoms with Crippen molar-refractivity contribution in [3.63, 3.8) is 0 Å². The topological polar surface area (TPSA) is 67.1 Å². The molecule has 0 aliphatic rings. The standard InChI is InChI=1S/C12H22ClN5/c1-8(2)18(9(3)4)6-5-15-12-10(13)11(14)16-7-17-12/h7-9H,5-6H2,1-4H3,(H3,14,15,16,17). The number of nitrogens with two attached hydrogens (primary N) is 1. The van der Waals surface area contributed by atoms with E-state index in [9.17, 15) is 0 Å². The minimum absolute atomic E-state index is 0.304. The van der Waals surface area contributed by atoms with E-state index >= 15 is 0 Å². The maximum absolute atomic E-state index is 6.01. The van der Waals surface area contributed by atoms with Crippen LogP contribution >= 0.6 is 11.6 Å². The normalized spacial score (nSPS) is 11.6. The van der Waals surface area contributed by atoms with Crippen LogP contribution in [0.25, 0.3) is 0 Å². The van der Waals surface area contributed by atoms with Crippen LogP contribution in [-0.4, -0.2) is 40.0 Å². The highest BCUT2D eigenvalue weighted by atomic mass is 35.5. The summed E-state index contributed by atoms with van der Waals surface area (Å²) in [4.78, 5) is 10.3. The summed E-state index contributed by atoms with van der Waals surface area (Å²) in [7, 11) is 0. The van der Waals surface area contributed by atoms with Crippen LogP contribution in [0.4, 0.5) is 11.6 Å². The molecule has 1 rings (SSSR count). The Kier molecular flexibility index (Phi) is 5.62. The molecule has 1 aromatic heterocycles. The first-order valence-electron chi connectivity index (χ1n) is 6.19. The van der Waals surface area contributed by atoms with Gasteiger partial charge in [0.1, 0.15) is 23.0 Å². The Morgan fingerprint density at radius 2 is 1.89 bits per heavy atom. The molecule has 0 fully saturated rings. The van der Waals surface area contributed by atoms with Crippen LogP contribution < -0.4 is 11.1 Å². The molecule has 1 aromatic rings. The molecule has 0 aliphatic heterocycles. The third kappa shape index (κ3) is 3.99. The van der Waals surface area contributed by atoms with Gasteiger partial charge in [0, 0.05) is 25.2 Å². The van der Waals surface area contributed by atoms with E-state index in [1.54, 1.807) is 0 Å². The molecule has 0 aromatic carbocycles. The Bertz CT molecular complexity index is 373. The Balaban J connectivity index is 2.53. The van der Waals surface area contributed by atoms with Crippen LogP contribution in [0.5, 0.6) is 0 Å². The first-order valence-corrected chi connectivity index (χ1v) is 6.56. The SMILES string of the molecule is CC(C)N(CCNc1ncnc(N)c1Cl)C(C)C. The summed E-state index contributed by atoms with van der Waals surface area (Å²) in [5.41, 5.74) is 5.62. The van der Waals surface area contributed by atoms with Gasteiger partial charge >= 0.3 is 0 Å². The molecule has 0 amide bonds. The first kappa shape index (κ1) is 15.0. The number of hydrogen-bond acceptors (Lipinski definition) is 5. The molecule has 0 saturated carbocycles. The smallest absolute Gasteiger partial charge is 0.150 e. The molecule has 3 N–H and O–H groups in total. The van der Waals surface area contributed by atoms with Crippen molar-refractivity contribution in [2.45, 2.75) is 39.8 Å². The van der Waals surface area contributed by atoms with Crippen molar-refractivity contribution in [1.82, 2.24) is 14.9 Å². The molecule has 0 unspecified atom stereocenters. The number of nitrogens with one attached hydrogen (secondary N) is 1. The third-order valence-corrected chi connectivity index (χ3v) is 3.18. The van der Waals surface area contributed by atoms with Gasteiger partial charge in [-0.1, -0.05) is 11.6 Å². The van der Waals surface area contributed by atoms with Crippen LogP contribution in [0.15, 0.2) is 6.33 Å². The molecule has 102 valence electrons. The number of nitrogen functional groups attached to an aromatic ring is 1. The minimum atomic E-state index is 0.304. The summed E-state index contributed by atoms with van der Waals surface area (Å²) < 4.78 is 0. The van der Waals surface area contributed by atoms with Crippen molar-refractivity contribution in [1.29, 1.82) is 0 Å². The molecule has 0 atom stereocenters. The van der Waals surface area contributed by atoms with Gasteiger partial charge < -0.3 is 11.1 Å². The first-order chi connectivity index (χ1) is 8.43. The van der Waals surface area contributed by atoms with Crippen LogP contribution in [0.2, 0.25) is 5.02 Å². The largest absolute Gasteiger partial charge is 0.382 e. The zero-order valence-electron chi connectivity index (χ0n) is 11.4. The van der Waals surface area contributed by atoms with Crippen molar-refractivity contribution < 1.29 is 0 Å². The molecule has 0 spiro atoms. The summed E-state index contributed by atoms with van der Waals surface area (Å²) in [6.45, 7) is 10.5. The number of anilines is 2. The van der Waals surface area contributed by atoms with E-state index in [0.717, 1.165) is 13.1 Å². The lowest BCUT2D eigenvalue weighted by atomic mass is 10.2. The molecule has 0 bridgehead atoms. The van der Waals surface area contributed by atoms with Crippen LogP contribution in [0.3, 0.4) is 0 Å². The van der Waals surface area contributed by atoms with E-state index in [0.29, 0.717) is 28.7 Å². The van der Waals surface area contributed by atoms with Gasteiger partial charge in [0.05, 0.1) is 0 Å². The minimum Gasteiger partial charge on any atom is -0.382 e. The second-order valence-corrected chi connectivity index (χ2v) is 5.15. The van der Waals surface area contributed by atoms with Gasteiger partial charge in [-0.25, -0.2) is 9.97 Å². The van der Waals surface area contributed by atoms with Gasteiger partial charge in [-0.3, -0.25) is 4.90 Å². The lowest BCUT2D eigenvalue weighted by Crippen LogP contribution is -2.40. The van der Waals surface area contributed by atoms with Gasteiger partial charge in [-0.05, 0) is 27.7 Å². The van der Waals surface area contributed by atoms with Crippen molar-refractivity contribution in [3.05, 3.63) is 11.3 Å². The summed E-state index contributed by atoms with van der Waals surface area (Å²) in [6, 6.07) is 1.02. The Hall–Kier alpha value is -1.07.